The number of fused-ring (bicyclic) bond motifs is 1. The first-order valence-electron chi connectivity index (χ1n) is 6.13. The van der Waals surface area contributed by atoms with Gasteiger partial charge in [-0.2, -0.15) is 0 Å². The van der Waals surface area contributed by atoms with Gasteiger partial charge in [0.2, 0.25) is 0 Å². The Morgan fingerprint density at radius 3 is 2.50 bits per heavy atom. The standard InChI is InChI=1S/C13H17N3O2/c1-3-4-8(2)14-9-5-6-10-11(7-9)16-13(18)12(17)15-10/h5-8,14H,3-4H2,1-2H3,(H,15,17)(H,16,18). The van der Waals surface area contributed by atoms with Crippen LogP contribution in [-0.2, 0) is 0 Å². The molecule has 0 aliphatic rings. The van der Waals surface area contributed by atoms with Crippen LogP contribution < -0.4 is 16.4 Å². The average Bonchev–Trinajstić information content (AvgIpc) is 2.31. The largest absolute Gasteiger partial charge is 0.383 e. The molecule has 0 aliphatic heterocycles. The first-order chi connectivity index (χ1) is 8.60. The fourth-order valence-electron chi connectivity index (χ4n) is 1.99. The van der Waals surface area contributed by atoms with Crippen LogP contribution in [0.25, 0.3) is 11.0 Å². The Balaban J connectivity index is 2.35. The molecule has 1 unspecified atom stereocenters. The van der Waals surface area contributed by atoms with Crippen LogP contribution in [0.3, 0.4) is 0 Å². The molecule has 2 aromatic rings. The molecule has 1 aromatic carbocycles. The number of nitrogens with one attached hydrogen (secondary N) is 3. The predicted octanol–water partition coefficient (Wildman–Crippen LogP) is 1.82. The number of hydrogen-bond donors (Lipinski definition) is 3. The summed E-state index contributed by atoms with van der Waals surface area (Å²) in [5.41, 5.74) is 0.955. The Morgan fingerprint density at radius 1 is 1.17 bits per heavy atom. The van der Waals surface area contributed by atoms with E-state index in [2.05, 4.69) is 29.1 Å². The topological polar surface area (TPSA) is 77.8 Å². The van der Waals surface area contributed by atoms with Gasteiger partial charge in [-0.1, -0.05) is 13.3 Å². The van der Waals surface area contributed by atoms with E-state index in [1.165, 1.54) is 0 Å². The highest BCUT2D eigenvalue weighted by molar-refractivity contribution is 5.78. The quantitative estimate of drug-likeness (QED) is 0.721. The first kappa shape index (κ1) is 12.4. The van der Waals surface area contributed by atoms with Crippen LogP contribution in [0.4, 0.5) is 5.69 Å². The Labute approximate surface area is 104 Å². The minimum absolute atomic E-state index is 0.377. The molecule has 3 N–H and O–H groups in total. The summed E-state index contributed by atoms with van der Waals surface area (Å²) in [4.78, 5) is 27.5. The molecule has 1 aromatic heterocycles. The van der Waals surface area contributed by atoms with Gasteiger partial charge in [0.15, 0.2) is 0 Å². The van der Waals surface area contributed by atoms with Crippen LogP contribution in [0, 0.1) is 0 Å². The highest BCUT2D eigenvalue weighted by atomic mass is 16.2. The zero-order valence-electron chi connectivity index (χ0n) is 10.5. The van der Waals surface area contributed by atoms with Crippen LogP contribution in [0.2, 0.25) is 0 Å². The number of anilines is 1. The second kappa shape index (κ2) is 5.08. The number of benzene rings is 1. The first-order valence-corrected chi connectivity index (χ1v) is 6.13. The summed E-state index contributed by atoms with van der Waals surface area (Å²) in [6, 6.07) is 5.89. The van der Waals surface area contributed by atoms with E-state index in [-0.39, 0.29) is 0 Å². The molecule has 1 atom stereocenters. The van der Waals surface area contributed by atoms with Crippen molar-refractivity contribution in [3.05, 3.63) is 38.9 Å². The molecule has 0 aliphatic carbocycles. The maximum Gasteiger partial charge on any atom is 0.314 e. The van der Waals surface area contributed by atoms with E-state index < -0.39 is 11.1 Å². The molecule has 5 heteroatoms. The molecule has 0 spiro atoms. The Morgan fingerprint density at radius 2 is 1.83 bits per heavy atom. The molecule has 96 valence electrons. The monoisotopic (exact) mass is 247 g/mol. The van der Waals surface area contributed by atoms with Gasteiger partial charge < -0.3 is 15.3 Å². The smallest absolute Gasteiger partial charge is 0.314 e. The van der Waals surface area contributed by atoms with E-state index in [0.29, 0.717) is 17.1 Å². The molecule has 0 saturated heterocycles. The van der Waals surface area contributed by atoms with Crippen LogP contribution >= 0.6 is 0 Å². The van der Waals surface area contributed by atoms with E-state index >= 15 is 0 Å². The van der Waals surface area contributed by atoms with Gasteiger partial charge in [-0.05, 0) is 31.5 Å². The van der Waals surface area contributed by atoms with E-state index in [4.69, 9.17) is 0 Å². The number of H-pyrrole nitrogens is 2. The minimum atomic E-state index is -0.624. The number of rotatable bonds is 4. The normalized spacial score (nSPS) is 12.6. The third kappa shape index (κ3) is 2.61. The van der Waals surface area contributed by atoms with Gasteiger partial charge in [0.1, 0.15) is 0 Å². The summed E-state index contributed by atoms with van der Waals surface area (Å²) < 4.78 is 0. The zero-order chi connectivity index (χ0) is 13.1. The van der Waals surface area contributed by atoms with Crippen LogP contribution in [0.15, 0.2) is 27.8 Å². The lowest BCUT2D eigenvalue weighted by Gasteiger charge is -2.14. The van der Waals surface area contributed by atoms with Crippen molar-refractivity contribution in [2.45, 2.75) is 32.7 Å². The maximum atomic E-state index is 11.2. The van der Waals surface area contributed by atoms with Gasteiger partial charge >= 0.3 is 11.1 Å². The molecule has 1 heterocycles. The van der Waals surface area contributed by atoms with Gasteiger partial charge in [0, 0.05) is 11.7 Å². The summed E-state index contributed by atoms with van der Waals surface area (Å²) in [5, 5.41) is 3.35. The van der Waals surface area contributed by atoms with Crippen LogP contribution in [0.1, 0.15) is 26.7 Å². The van der Waals surface area contributed by atoms with E-state index in [0.717, 1.165) is 18.5 Å². The summed E-state index contributed by atoms with van der Waals surface area (Å²) in [7, 11) is 0. The number of aromatic nitrogens is 2. The number of hydrogen-bond acceptors (Lipinski definition) is 3. The fraction of sp³-hybridized carbons (Fsp3) is 0.385. The van der Waals surface area contributed by atoms with Crippen molar-refractivity contribution in [3.63, 3.8) is 0 Å². The summed E-state index contributed by atoms with van der Waals surface area (Å²) in [6.07, 6.45) is 2.20. The van der Waals surface area contributed by atoms with E-state index in [1.807, 2.05) is 12.1 Å². The van der Waals surface area contributed by atoms with Gasteiger partial charge in [0.05, 0.1) is 11.0 Å². The van der Waals surface area contributed by atoms with Crippen molar-refractivity contribution >= 4 is 16.7 Å². The zero-order valence-corrected chi connectivity index (χ0v) is 10.5. The molecule has 0 amide bonds. The second-order valence-electron chi connectivity index (χ2n) is 4.50. The van der Waals surface area contributed by atoms with Crippen LogP contribution in [-0.4, -0.2) is 16.0 Å². The van der Waals surface area contributed by atoms with E-state index in [9.17, 15) is 9.59 Å². The molecule has 0 saturated carbocycles. The fourth-order valence-corrected chi connectivity index (χ4v) is 1.99. The third-order valence-electron chi connectivity index (χ3n) is 2.86. The molecule has 18 heavy (non-hydrogen) atoms. The highest BCUT2D eigenvalue weighted by Crippen LogP contribution is 2.15. The summed E-state index contributed by atoms with van der Waals surface area (Å²) in [5.74, 6) is 0. The van der Waals surface area contributed by atoms with Crippen molar-refractivity contribution in [2.24, 2.45) is 0 Å². The van der Waals surface area contributed by atoms with Crippen molar-refractivity contribution in [3.8, 4) is 0 Å². The van der Waals surface area contributed by atoms with Gasteiger partial charge in [-0.25, -0.2) is 0 Å². The van der Waals surface area contributed by atoms with Crippen molar-refractivity contribution in [1.82, 2.24) is 9.97 Å². The Bertz CT molecular complexity index is 657. The van der Waals surface area contributed by atoms with Crippen molar-refractivity contribution < 1.29 is 0 Å². The minimum Gasteiger partial charge on any atom is -0.383 e. The maximum absolute atomic E-state index is 11.2. The molecule has 5 nitrogen and oxygen atoms in total. The van der Waals surface area contributed by atoms with Crippen molar-refractivity contribution in [2.75, 3.05) is 5.32 Å². The number of aromatic amines is 2. The van der Waals surface area contributed by atoms with Crippen molar-refractivity contribution in [1.29, 1.82) is 0 Å². The molecular formula is C13H17N3O2. The van der Waals surface area contributed by atoms with E-state index in [1.54, 1.807) is 6.07 Å². The lowest BCUT2D eigenvalue weighted by Crippen LogP contribution is -2.28. The van der Waals surface area contributed by atoms with Gasteiger partial charge in [0.25, 0.3) is 0 Å². The Kier molecular flexibility index (Phi) is 3.50. The third-order valence-corrected chi connectivity index (χ3v) is 2.86. The predicted molar refractivity (Wildman–Crippen MR) is 73.2 cm³/mol. The van der Waals surface area contributed by atoms with Gasteiger partial charge in [-0.3, -0.25) is 9.59 Å². The Hall–Kier alpha value is -2.04. The molecule has 0 bridgehead atoms. The van der Waals surface area contributed by atoms with Gasteiger partial charge in [-0.15, -0.1) is 0 Å². The average molecular weight is 247 g/mol. The lowest BCUT2D eigenvalue weighted by molar-refractivity contribution is 0.690. The molecule has 2 rings (SSSR count). The molecule has 0 fully saturated rings. The van der Waals surface area contributed by atoms with Crippen LogP contribution in [0.5, 0.6) is 0 Å². The summed E-state index contributed by atoms with van der Waals surface area (Å²) in [6.45, 7) is 4.25. The highest BCUT2D eigenvalue weighted by Gasteiger charge is 2.03. The molecular weight excluding hydrogens is 230 g/mol. The second-order valence-corrected chi connectivity index (χ2v) is 4.50. The molecule has 0 radical (unpaired) electrons. The SMILES string of the molecule is CCCC(C)Nc1ccc2[nH]c(=O)c(=O)[nH]c2c1. The summed E-state index contributed by atoms with van der Waals surface area (Å²) >= 11 is 0. The lowest BCUT2D eigenvalue weighted by atomic mass is 10.2.